The van der Waals surface area contributed by atoms with E-state index >= 15 is 0 Å². The van der Waals surface area contributed by atoms with Gasteiger partial charge in [0, 0.05) is 18.6 Å². The van der Waals surface area contributed by atoms with Crippen LogP contribution in [0.5, 0.6) is 0 Å². The van der Waals surface area contributed by atoms with Crippen LogP contribution in [0.25, 0.3) is 0 Å². The SMILES string of the molecule is CCCCC(CC)CN(C)C1(CN)CCCC(C)C1. The van der Waals surface area contributed by atoms with Crippen molar-refractivity contribution in [1.82, 2.24) is 4.90 Å². The molecular formula is C17H36N2. The van der Waals surface area contributed by atoms with E-state index in [1.54, 1.807) is 0 Å². The molecule has 0 bridgehead atoms. The van der Waals surface area contributed by atoms with Crippen molar-refractivity contribution < 1.29 is 0 Å². The summed E-state index contributed by atoms with van der Waals surface area (Å²) in [5, 5.41) is 0. The van der Waals surface area contributed by atoms with Crippen molar-refractivity contribution in [3.05, 3.63) is 0 Å². The van der Waals surface area contributed by atoms with E-state index in [-0.39, 0.29) is 5.54 Å². The third kappa shape index (κ3) is 4.75. The van der Waals surface area contributed by atoms with Gasteiger partial charge < -0.3 is 5.73 Å². The van der Waals surface area contributed by atoms with Crippen molar-refractivity contribution in [1.29, 1.82) is 0 Å². The highest BCUT2D eigenvalue weighted by Crippen LogP contribution is 2.36. The number of hydrogen-bond donors (Lipinski definition) is 1. The summed E-state index contributed by atoms with van der Waals surface area (Å²) in [6, 6.07) is 0. The van der Waals surface area contributed by atoms with Crippen LogP contribution in [0.2, 0.25) is 0 Å². The Kier molecular flexibility index (Phi) is 7.38. The number of rotatable bonds is 8. The van der Waals surface area contributed by atoms with Crippen molar-refractivity contribution >= 4 is 0 Å². The van der Waals surface area contributed by atoms with Crippen LogP contribution in [0.4, 0.5) is 0 Å². The van der Waals surface area contributed by atoms with Gasteiger partial charge in [-0.3, -0.25) is 4.90 Å². The number of likely N-dealkylation sites (N-methyl/N-ethyl adjacent to an activating group) is 1. The van der Waals surface area contributed by atoms with Gasteiger partial charge in [-0.15, -0.1) is 0 Å². The summed E-state index contributed by atoms with van der Waals surface area (Å²) in [5.74, 6) is 1.70. The van der Waals surface area contributed by atoms with Crippen molar-refractivity contribution in [3.8, 4) is 0 Å². The minimum atomic E-state index is 0.289. The molecule has 0 aliphatic heterocycles. The molecular weight excluding hydrogens is 232 g/mol. The highest BCUT2D eigenvalue weighted by Gasteiger charge is 2.37. The van der Waals surface area contributed by atoms with Gasteiger partial charge in [0.25, 0.3) is 0 Å². The topological polar surface area (TPSA) is 29.3 Å². The summed E-state index contributed by atoms with van der Waals surface area (Å²) in [4.78, 5) is 2.62. The first-order valence-corrected chi connectivity index (χ1v) is 8.49. The highest BCUT2D eigenvalue weighted by molar-refractivity contribution is 4.95. The molecule has 0 aromatic rings. The Balaban J connectivity index is 2.58. The first-order valence-electron chi connectivity index (χ1n) is 8.49. The molecule has 0 spiro atoms. The smallest absolute Gasteiger partial charge is 0.0331 e. The predicted octanol–water partition coefficient (Wildman–Crippen LogP) is 4.04. The summed E-state index contributed by atoms with van der Waals surface area (Å²) < 4.78 is 0. The number of nitrogens with zero attached hydrogens (tertiary/aromatic N) is 1. The maximum absolute atomic E-state index is 6.18. The molecule has 2 nitrogen and oxygen atoms in total. The average molecular weight is 268 g/mol. The number of nitrogens with two attached hydrogens (primary N) is 1. The quantitative estimate of drug-likeness (QED) is 0.720. The zero-order valence-electron chi connectivity index (χ0n) is 13.8. The Hall–Kier alpha value is -0.0800. The molecule has 1 saturated carbocycles. The average Bonchev–Trinajstić information content (AvgIpc) is 2.42. The first kappa shape index (κ1) is 17.0. The summed E-state index contributed by atoms with van der Waals surface area (Å²) in [5.41, 5.74) is 6.47. The third-order valence-corrected chi connectivity index (χ3v) is 5.33. The van der Waals surface area contributed by atoms with E-state index in [0.717, 1.165) is 18.4 Å². The van der Waals surface area contributed by atoms with Gasteiger partial charge in [-0.1, -0.05) is 52.9 Å². The van der Waals surface area contributed by atoms with Crippen LogP contribution in [0.3, 0.4) is 0 Å². The third-order valence-electron chi connectivity index (χ3n) is 5.33. The Bertz CT molecular complexity index is 241. The summed E-state index contributed by atoms with van der Waals surface area (Å²) in [6.45, 7) is 9.09. The molecule has 0 amide bonds. The summed E-state index contributed by atoms with van der Waals surface area (Å²) in [7, 11) is 2.32. The molecule has 0 aromatic carbocycles. The Morgan fingerprint density at radius 3 is 2.63 bits per heavy atom. The molecule has 0 heterocycles. The van der Waals surface area contributed by atoms with Gasteiger partial charge in [0.05, 0.1) is 0 Å². The highest BCUT2D eigenvalue weighted by atomic mass is 15.2. The van der Waals surface area contributed by atoms with E-state index in [0.29, 0.717) is 0 Å². The van der Waals surface area contributed by atoms with Crippen molar-refractivity contribution in [3.63, 3.8) is 0 Å². The van der Waals surface area contributed by atoms with Crippen LogP contribution in [-0.4, -0.2) is 30.6 Å². The van der Waals surface area contributed by atoms with Crippen molar-refractivity contribution in [2.45, 2.75) is 77.7 Å². The number of hydrogen-bond acceptors (Lipinski definition) is 2. The zero-order chi connectivity index (χ0) is 14.3. The van der Waals surface area contributed by atoms with Gasteiger partial charge in [0.15, 0.2) is 0 Å². The van der Waals surface area contributed by atoms with Gasteiger partial charge in [-0.25, -0.2) is 0 Å². The van der Waals surface area contributed by atoms with Crippen LogP contribution in [0, 0.1) is 11.8 Å². The molecule has 0 radical (unpaired) electrons. The van der Waals surface area contributed by atoms with Crippen molar-refractivity contribution in [2.75, 3.05) is 20.1 Å². The lowest BCUT2D eigenvalue weighted by atomic mass is 9.75. The van der Waals surface area contributed by atoms with Crippen LogP contribution < -0.4 is 5.73 Å². The molecule has 3 unspecified atom stereocenters. The normalized spacial score (nSPS) is 29.7. The molecule has 1 fully saturated rings. The standard InChI is InChI=1S/C17H36N2/c1-5-7-10-16(6-2)13-19(4)17(14-18)11-8-9-15(3)12-17/h15-16H,5-14,18H2,1-4H3. The van der Waals surface area contributed by atoms with Crippen LogP contribution in [-0.2, 0) is 0 Å². The molecule has 2 heteroatoms. The lowest BCUT2D eigenvalue weighted by molar-refractivity contribution is 0.0469. The van der Waals surface area contributed by atoms with Gasteiger partial charge in [0.1, 0.15) is 0 Å². The van der Waals surface area contributed by atoms with Gasteiger partial charge in [-0.05, 0) is 38.1 Å². The van der Waals surface area contributed by atoms with E-state index in [2.05, 4.69) is 32.7 Å². The summed E-state index contributed by atoms with van der Waals surface area (Å²) in [6.07, 6.45) is 10.7. The van der Waals surface area contributed by atoms with E-state index < -0.39 is 0 Å². The minimum Gasteiger partial charge on any atom is -0.329 e. The van der Waals surface area contributed by atoms with Crippen LogP contribution in [0.15, 0.2) is 0 Å². The monoisotopic (exact) mass is 268 g/mol. The Morgan fingerprint density at radius 1 is 1.37 bits per heavy atom. The lowest BCUT2D eigenvalue weighted by Crippen LogP contribution is -2.55. The molecule has 19 heavy (non-hydrogen) atoms. The maximum Gasteiger partial charge on any atom is 0.0331 e. The second kappa shape index (κ2) is 8.26. The molecule has 0 saturated heterocycles. The second-order valence-electron chi connectivity index (χ2n) is 6.93. The van der Waals surface area contributed by atoms with Gasteiger partial charge in [0.2, 0.25) is 0 Å². The molecule has 0 aromatic heterocycles. The minimum absolute atomic E-state index is 0.289. The van der Waals surface area contributed by atoms with E-state index in [1.807, 2.05) is 0 Å². The van der Waals surface area contributed by atoms with E-state index in [1.165, 1.54) is 57.9 Å². The summed E-state index contributed by atoms with van der Waals surface area (Å²) >= 11 is 0. The molecule has 3 atom stereocenters. The van der Waals surface area contributed by atoms with Gasteiger partial charge in [-0.2, -0.15) is 0 Å². The fourth-order valence-electron chi connectivity index (χ4n) is 3.82. The van der Waals surface area contributed by atoms with Gasteiger partial charge >= 0.3 is 0 Å². The molecule has 1 aliphatic carbocycles. The Morgan fingerprint density at radius 2 is 2.11 bits per heavy atom. The molecule has 114 valence electrons. The molecule has 2 N–H and O–H groups in total. The second-order valence-corrected chi connectivity index (χ2v) is 6.93. The largest absolute Gasteiger partial charge is 0.329 e. The van der Waals surface area contributed by atoms with Crippen LogP contribution >= 0.6 is 0 Å². The fraction of sp³-hybridized carbons (Fsp3) is 1.00. The molecule has 1 rings (SSSR count). The van der Waals surface area contributed by atoms with E-state index in [4.69, 9.17) is 5.73 Å². The predicted molar refractivity (Wildman–Crippen MR) is 85.4 cm³/mol. The van der Waals surface area contributed by atoms with E-state index in [9.17, 15) is 0 Å². The lowest BCUT2D eigenvalue weighted by Gasteiger charge is -2.47. The fourth-order valence-corrected chi connectivity index (χ4v) is 3.82. The van der Waals surface area contributed by atoms with Crippen LogP contribution in [0.1, 0.15) is 72.1 Å². The van der Waals surface area contributed by atoms with Crippen molar-refractivity contribution in [2.24, 2.45) is 17.6 Å². The first-order chi connectivity index (χ1) is 9.07. The maximum atomic E-state index is 6.18. The number of unbranched alkanes of at least 4 members (excludes halogenated alkanes) is 1. The Labute approximate surface area is 121 Å². The molecule has 1 aliphatic rings. The zero-order valence-corrected chi connectivity index (χ0v) is 13.8.